The highest BCUT2D eigenvalue weighted by atomic mass is 14.4. The van der Waals surface area contributed by atoms with E-state index in [-0.39, 0.29) is 0 Å². The van der Waals surface area contributed by atoms with Gasteiger partial charge in [-0.1, -0.05) is 26.0 Å². The second-order valence-corrected chi connectivity index (χ2v) is 4.38. The first-order valence-corrected chi connectivity index (χ1v) is 4.39. The van der Waals surface area contributed by atoms with E-state index in [9.17, 15) is 0 Å². The summed E-state index contributed by atoms with van der Waals surface area (Å²) in [6, 6.07) is 0. The van der Waals surface area contributed by atoms with Gasteiger partial charge in [-0.05, 0) is 36.5 Å². The van der Waals surface area contributed by atoms with Crippen LogP contribution in [0.15, 0.2) is 12.2 Å². The van der Waals surface area contributed by atoms with Crippen molar-refractivity contribution in [3.8, 4) is 0 Å². The molecule has 3 unspecified atom stereocenters. The second-order valence-electron chi connectivity index (χ2n) is 4.38. The van der Waals surface area contributed by atoms with Gasteiger partial charge in [0, 0.05) is 0 Å². The van der Waals surface area contributed by atoms with E-state index in [2.05, 4.69) is 26.0 Å². The zero-order chi connectivity index (χ0) is 7.19. The summed E-state index contributed by atoms with van der Waals surface area (Å²) in [4.78, 5) is 0. The third-order valence-corrected chi connectivity index (χ3v) is 3.36. The van der Waals surface area contributed by atoms with E-state index < -0.39 is 0 Å². The normalized spacial score (nSPS) is 51.8. The quantitative estimate of drug-likeness (QED) is 0.449. The summed E-state index contributed by atoms with van der Waals surface area (Å²) in [5, 5.41) is 0. The molecule has 1 saturated carbocycles. The molecule has 2 bridgehead atoms. The van der Waals surface area contributed by atoms with Crippen molar-refractivity contribution in [2.24, 2.45) is 17.3 Å². The lowest BCUT2D eigenvalue weighted by Gasteiger charge is -2.26. The van der Waals surface area contributed by atoms with Gasteiger partial charge in [0.15, 0.2) is 0 Å². The molecule has 0 radical (unpaired) electrons. The molecule has 10 heavy (non-hydrogen) atoms. The molecule has 0 heterocycles. The molecular weight excluding hydrogens is 120 g/mol. The van der Waals surface area contributed by atoms with E-state index in [0.29, 0.717) is 5.41 Å². The zero-order valence-corrected chi connectivity index (χ0v) is 6.93. The highest BCUT2D eigenvalue weighted by molar-refractivity contribution is 5.10. The van der Waals surface area contributed by atoms with E-state index in [4.69, 9.17) is 0 Å². The average Bonchev–Trinajstić information content (AvgIpc) is 2.23. The molecule has 0 N–H and O–H groups in total. The van der Waals surface area contributed by atoms with Crippen molar-refractivity contribution in [2.45, 2.75) is 33.1 Å². The number of hydrogen-bond donors (Lipinski definition) is 0. The molecule has 3 atom stereocenters. The summed E-state index contributed by atoms with van der Waals surface area (Å²) in [6.45, 7) is 4.75. The van der Waals surface area contributed by atoms with Gasteiger partial charge in [-0.2, -0.15) is 0 Å². The van der Waals surface area contributed by atoms with Crippen LogP contribution in [0.2, 0.25) is 0 Å². The van der Waals surface area contributed by atoms with Crippen molar-refractivity contribution in [3.05, 3.63) is 12.2 Å². The van der Waals surface area contributed by atoms with E-state index in [1.54, 1.807) is 0 Å². The van der Waals surface area contributed by atoms with E-state index in [1.165, 1.54) is 19.3 Å². The molecule has 0 amide bonds. The van der Waals surface area contributed by atoms with Gasteiger partial charge in [-0.25, -0.2) is 0 Å². The van der Waals surface area contributed by atoms with Crippen LogP contribution in [0.25, 0.3) is 0 Å². The second kappa shape index (κ2) is 1.87. The fraction of sp³-hybridized carbons (Fsp3) is 0.800. The summed E-state index contributed by atoms with van der Waals surface area (Å²) < 4.78 is 0. The van der Waals surface area contributed by atoms with Gasteiger partial charge in [-0.15, -0.1) is 0 Å². The zero-order valence-electron chi connectivity index (χ0n) is 6.93. The highest BCUT2D eigenvalue weighted by Gasteiger charge is 2.37. The fourth-order valence-electron chi connectivity index (χ4n) is 2.46. The number of fused-ring (bicyclic) bond motifs is 2. The van der Waals surface area contributed by atoms with Crippen LogP contribution in [-0.4, -0.2) is 0 Å². The van der Waals surface area contributed by atoms with Crippen LogP contribution in [0.5, 0.6) is 0 Å². The molecule has 0 nitrogen and oxygen atoms in total. The Labute approximate surface area is 63.3 Å². The lowest BCUT2D eigenvalue weighted by Crippen LogP contribution is -2.16. The van der Waals surface area contributed by atoms with Crippen LogP contribution in [0.1, 0.15) is 33.1 Å². The maximum absolute atomic E-state index is 2.45. The highest BCUT2D eigenvalue weighted by Crippen LogP contribution is 2.49. The average molecular weight is 136 g/mol. The molecule has 0 aliphatic heterocycles. The maximum atomic E-state index is 2.45. The summed E-state index contributed by atoms with van der Waals surface area (Å²) in [6.07, 6.45) is 9.20. The van der Waals surface area contributed by atoms with E-state index in [0.717, 1.165) is 11.8 Å². The molecule has 0 spiro atoms. The molecule has 0 saturated heterocycles. The van der Waals surface area contributed by atoms with Crippen LogP contribution in [0.3, 0.4) is 0 Å². The molecule has 0 heteroatoms. The number of allylic oxidation sites excluding steroid dienone is 2. The molecule has 0 aromatic rings. The van der Waals surface area contributed by atoms with Gasteiger partial charge in [0.05, 0.1) is 0 Å². The first kappa shape index (κ1) is 6.45. The predicted molar refractivity (Wildman–Crippen MR) is 43.8 cm³/mol. The summed E-state index contributed by atoms with van der Waals surface area (Å²) in [5.74, 6) is 1.87. The van der Waals surface area contributed by atoms with Gasteiger partial charge in [0.25, 0.3) is 0 Å². The summed E-state index contributed by atoms with van der Waals surface area (Å²) in [7, 11) is 0. The van der Waals surface area contributed by atoms with Crippen molar-refractivity contribution in [1.82, 2.24) is 0 Å². The maximum Gasteiger partial charge on any atom is -0.0143 e. The van der Waals surface area contributed by atoms with E-state index in [1.807, 2.05) is 0 Å². The lowest BCUT2D eigenvalue weighted by molar-refractivity contribution is 0.346. The minimum absolute atomic E-state index is 0.594. The fourth-order valence-corrected chi connectivity index (χ4v) is 2.46. The van der Waals surface area contributed by atoms with Crippen molar-refractivity contribution < 1.29 is 0 Å². The minimum atomic E-state index is 0.594. The van der Waals surface area contributed by atoms with Gasteiger partial charge in [0.1, 0.15) is 0 Å². The molecule has 2 aliphatic rings. The van der Waals surface area contributed by atoms with Gasteiger partial charge in [-0.3, -0.25) is 0 Å². The predicted octanol–water partition coefficient (Wildman–Crippen LogP) is 3.00. The van der Waals surface area contributed by atoms with Crippen molar-refractivity contribution in [3.63, 3.8) is 0 Å². The third-order valence-electron chi connectivity index (χ3n) is 3.36. The Morgan fingerprint density at radius 2 is 2.30 bits per heavy atom. The standard InChI is InChI=1S/C10H16/c1-8-3-5-10(2)6-4-9(8)7-10/h3,5,8-9H,4,6-7H2,1-2H3. The molecule has 0 aromatic carbocycles. The smallest absolute Gasteiger partial charge is 0.0143 e. The Balaban J connectivity index is 2.27. The first-order valence-electron chi connectivity index (χ1n) is 4.39. The lowest BCUT2D eigenvalue weighted by atomic mass is 9.79. The van der Waals surface area contributed by atoms with E-state index >= 15 is 0 Å². The number of rotatable bonds is 0. The topological polar surface area (TPSA) is 0 Å². The van der Waals surface area contributed by atoms with Crippen molar-refractivity contribution in [1.29, 1.82) is 0 Å². The van der Waals surface area contributed by atoms with Crippen LogP contribution in [-0.2, 0) is 0 Å². The largest absolute Gasteiger partial charge is 0.0849 e. The minimum Gasteiger partial charge on any atom is -0.0849 e. The Hall–Kier alpha value is -0.260. The van der Waals surface area contributed by atoms with Gasteiger partial charge in [0.2, 0.25) is 0 Å². The molecular formula is C10H16. The summed E-state index contributed by atoms with van der Waals surface area (Å²) in [5.41, 5.74) is 0.594. The first-order chi connectivity index (χ1) is 4.70. The van der Waals surface area contributed by atoms with Crippen molar-refractivity contribution >= 4 is 0 Å². The van der Waals surface area contributed by atoms with Gasteiger partial charge >= 0.3 is 0 Å². The summed E-state index contributed by atoms with van der Waals surface area (Å²) >= 11 is 0. The SMILES string of the molecule is CC1C=CC2(C)CCC1C2. The molecule has 56 valence electrons. The van der Waals surface area contributed by atoms with Crippen LogP contribution >= 0.6 is 0 Å². The van der Waals surface area contributed by atoms with Crippen LogP contribution < -0.4 is 0 Å². The van der Waals surface area contributed by atoms with Crippen LogP contribution in [0.4, 0.5) is 0 Å². The Bertz CT molecular complexity index is 169. The third kappa shape index (κ3) is 0.817. The molecule has 0 aromatic heterocycles. The Morgan fingerprint density at radius 1 is 1.50 bits per heavy atom. The Kier molecular flexibility index (Phi) is 1.21. The monoisotopic (exact) mass is 136 g/mol. The van der Waals surface area contributed by atoms with Crippen molar-refractivity contribution in [2.75, 3.05) is 0 Å². The molecule has 1 fully saturated rings. The molecule has 2 aliphatic carbocycles. The number of hydrogen-bond acceptors (Lipinski definition) is 0. The molecule has 2 rings (SSSR count). The van der Waals surface area contributed by atoms with Crippen LogP contribution in [0, 0.1) is 17.3 Å². The Morgan fingerprint density at radius 3 is 3.00 bits per heavy atom. The van der Waals surface area contributed by atoms with Gasteiger partial charge < -0.3 is 0 Å².